The Bertz CT molecular complexity index is 1490. The Balaban J connectivity index is 1.19. The van der Waals surface area contributed by atoms with Crippen molar-refractivity contribution in [2.24, 2.45) is 17.8 Å². The molecule has 2 aromatic heterocycles. The third-order valence-electron chi connectivity index (χ3n) is 7.44. The Hall–Kier alpha value is -4.02. The number of hydrogen-bond donors (Lipinski definition) is 2. The number of fused-ring (bicyclic) bond motifs is 2. The summed E-state index contributed by atoms with van der Waals surface area (Å²) in [6.45, 7) is 2.85. The van der Waals surface area contributed by atoms with Crippen LogP contribution in [0.25, 0.3) is 10.9 Å². The van der Waals surface area contributed by atoms with Crippen molar-refractivity contribution in [2.75, 3.05) is 25.0 Å². The van der Waals surface area contributed by atoms with Gasteiger partial charge in [-0.05, 0) is 74.0 Å². The molecule has 1 saturated heterocycles. The van der Waals surface area contributed by atoms with Crippen LogP contribution in [0.4, 0.5) is 17.2 Å². The molecule has 0 bridgehead atoms. The number of aromatic nitrogens is 3. The maximum absolute atomic E-state index is 12.0. The minimum Gasteiger partial charge on any atom is -0.486 e. The summed E-state index contributed by atoms with van der Waals surface area (Å²) >= 11 is 6.46. The molecule has 6 rings (SSSR count). The molecular formula is C28H27ClN6O4. The fraction of sp³-hybridized carbons (Fsp3) is 0.321. The molecule has 2 fully saturated rings. The molecule has 200 valence electrons. The van der Waals surface area contributed by atoms with Gasteiger partial charge in [0.2, 0.25) is 0 Å². The second-order valence-corrected chi connectivity index (χ2v) is 10.4. The largest absolute Gasteiger partial charge is 0.486 e. The quantitative estimate of drug-likeness (QED) is 0.206. The highest BCUT2D eigenvalue weighted by Gasteiger charge is 2.37. The number of nitro groups is 1. The number of nitrogens with zero attached hydrogens (tertiary/aromatic N) is 4. The van der Waals surface area contributed by atoms with Crippen molar-refractivity contribution in [3.63, 3.8) is 0 Å². The molecule has 0 unspecified atom stereocenters. The lowest BCUT2D eigenvalue weighted by Gasteiger charge is -2.15. The molecule has 4 aromatic rings. The summed E-state index contributed by atoms with van der Waals surface area (Å²) in [6, 6.07) is 14.0. The standard InChI is InChI=1S/C28H27ClN6O4/c29-23-9-20(4-5-26(23)39-15-21-3-1-2-6-31-21)34-28-22-10-25(35(36)37)27(11-24(22)32-16-33-28)38-14-17-7-18-12-30-13-19(18)8-17/h1-6,9-11,16-19,30H,7-8,12-15H2,(H,32,33,34)/t17-,18+,19-. The summed E-state index contributed by atoms with van der Waals surface area (Å²) in [5, 5.41) is 19.5. The summed E-state index contributed by atoms with van der Waals surface area (Å²) in [4.78, 5) is 24.4. The van der Waals surface area contributed by atoms with Gasteiger partial charge in [-0.15, -0.1) is 0 Å². The number of halogens is 1. The first kappa shape index (κ1) is 25.3. The van der Waals surface area contributed by atoms with Gasteiger partial charge in [-0.25, -0.2) is 9.97 Å². The smallest absolute Gasteiger partial charge is 0.311 e. The van der Waals surface area contributed by atoms with Gasteiger partial charge >= 0.3 is 5.69 Å². The van der Waals surface area contributed by atoms with E-state index in [9.17, 15) is 10.1 Å². The maximum Gasteiger partial charge on any atom is 0.311 e. The molecule has 1 aliphatic carbocycles. The van der Waals surface area contributed by atoms with E-state index in [1.807, 2.05) is 18.2 Å². The summed E-state index contributed by atoms with van der Waals surface area (Å²) in [5.41, 5.74) is 1.87. The molecule has 3 atom stereocenters. The monoisotopic (exact) mass is 546 g/mol. The molecule has 0 amide bonds. The lowest BCUT2D eigenvalue weighted by molar-refractivity contribution is -0.385. The maximum atomic E-state index is 12.0. The Morgan fingerprint density at radius 2 is 1.87 bits per heavy atom. The van der Waals surface area contributed by atoms with Gasteiger partial charge in [0.1, 0.15) is 24.5 Å². The molecule has 1 aliphatic heterocycles. The third-order valence-corrected chi connectivity index (χ3v) is 7.73. The van der Waals surface area contributed by atoms with Gasteiger partial charge < -0.3 is 20.1 Å². The summed E-state index contributed by atoms with van der Waals surface area (Å²) < 4.78 is 11.8. The molecule has 0 radical (unpaired) electrons. The Morgan fingerprint density at radius 3 is 2.62 bits per heavy atom. The highest BCUT2D eigenvalue weighted by Crippen LogP contribution is 2.40. The van der Waals surface area contributed by atoms with E-state index in [-0.39, 0.29) is 18.0 Å². The number of anilines is 2. The molecule has 10 nitrogen and oxygen atoms in total. The summed E-state index contributed by atoms with van der Waals surface area (Å²) in [5.74, 6) is 2.93. The first-order valence-electron chi connectivity index (χ1n) is 12.9. The van der Waals surface area contributed by atoms with Gasteiger partial charge in [0, 0.05) is 24.0 Å². The molecular weight excluding hydrogens is 520 g/mol. The number of ether oxygens (including phenoxy) is 2. The van der Waals surface area contributed by atoms with Crippen molar-refractivity contribution in [2.45, 2.75) is 19.4 Å². The molecule has 2 N–H and O–H groups in total. The first-order valence-corrected chi connectivity index (χ1v) is 13.3. The van der Waals surface area contributed by atoms with E-state index >= 15 is 0 Å². The number of rotatable bonds is 9. The van der Waals surface area contributed by atoms with E-state index in [1.165, 1.54) is 12.4 Å². The predicted molar refractivity (Wildman–Crippen MR) is 148 cm³/mol. The fourth-order valence-electron chi connectivity index (χ4n) is 5.53. The van der Waals surface area contributed by atoms with Gasteiger partial charge in [0.15, 0.2) is 5.75 Å². The Labute approximate surface area is 229 Å². The van der Waals surface area contributed by atoms with E-state index in [1.54, 1.807) is 30.5 Å². The van der Waals surface area contributed by atoms with Crippen LogP contribution in [0.15, 0.2) is 61.1 Å². The summed E-state index contributed by atoms with van der Waals surface area (Å²) in [7, 11) is 0. The molecule has 0 spiro atoms. The van der Waals surface area contributed by atoms with Crippen LogP contribution in [-0.2, 0) is 6.61 Å². The van der Waals surface area contributed by atoms with Crippen molar-refractivity contribution in [1.29, 1.82) is 0 Å². The van der Waals surface area contributed by atoms with Crippen molar-refractivity contribution in [3.05, 3.63) is 81.9 Å². The molecule has 2 aromatic carbocycles. The topological polar surface area (TPSA) is 124 Å². The van der Waals surface area contributed by atoms with Crippen molar-refractivity contribution < 1.29 is 14.4 Å². The number of pyridine rings is 1. The van der Waals surface area contributed by atoms with Crippen LogP contribution in [0, 0.1) is 27.9 Å². The minimum absolute atomic E-state index is 0.114. The summed E-state index contributed by atoms with van der Waals surface area (Å²) in [6.07, 6.45) is 5.30. The zero-order chi connectivity index (χ0) is 26.8. The van der Waals surface area contributed by atoms with Crippen LogP contribution >= 0.6 is 11.6 Å². The van der Waals surface area contributed by atoms with Gasteiger partial charge in [-0.3, -0.25) is 15.1 Å². The number of nitrogens with one attached hydrogen (secondary N) is 2. The van der Waals surface area contributed by atoms with Gasteiger partial charge in [-0.2, -0.15) is 0 Å². The van der Waals surface area contributed by atoms with Crippen LogP contribution in [0.2, 0.25) is 5.02 Å². The normalized spacial score (nSPS) is 20.1. The Morgan fingerprint density at radius 1 is 1.03 bits per heavy atom. The second-order valence-electron chi connectivity index (χ2n) is 10.0. The SMILES string of the molecule is O=[N+]([O-])c1cc2c(Nc3ccc(OCc4ccccn4)c(Cl)c3)ncnc2cc1OC[C@@H]1C[C@H]2CNC[C@H]2C1. The number of nitro benzene ring substituents is 1. The number of benzene rings is 2. The highest BCUT2D eigenvalue weighted by molar-refractivity contribution is 6.32. The second kappa shape index (κ2) is 11.0. The zero-order valence-corrected chi connectivity index (χ0v) is 21.8. The molecule has 11 heteroatoms. The van der Waals surface area contributed by atoms with E-state index < -0.39 is 4.92 Å². The Kier molecular flexibility index (Phi) is 7.12. The zero-order valence-electron chi connectivity index (χ0n) is 21.0. The predicted octanol–water partition coefficient (Wildman–Crippen LogP) is 5.53. The minimum atomic E-state index is -0.427. The average molecular weight is 547 g/mol. The van der Waals surface area contributed by atoms with Gasteiger partial charge in [0.25, 0.3) is 0 Å². The fourth-order valence-corrected chi connectivity index (χ4v) is 5.77. The first-order chi connectivity index (χ1) is 19.0. The van der Waals surface area contributed by atoms with E-state index in [2.05, 4.69) is 25.6 Å². The van der Waals surface area contributed by atoms with Gasteiger partial charge in [-0.1, -0.05) is 17.7 Å². The van der Waals surface area contributed by atoms with E-state index in [0.717, 1.165) is 31.6 Å². The van der Waals surface area contributed by atoms with Crippen molar-refractivity contribution >= 4 is 39.7 Å². The van der Waals surface area contributed by atoms with Crippen LogP contribution < -0.4 is 20.1 Å². The number of hydrogen-bond acceptors (Lipinski definition) is 9. The van der Waals surface area contributed by atoms with Crippen LogP contribution in [0.3, 0.4) is 0 Å². The van der Waals surface area contributed by atoms with Gasteiger partial charge in [0.05, 0.1) is 33.1 Å². The molecule has 1 saturated carbocycles. The highest BCUT2D eigenvalue weighted by atomic mass is 35.5. The van der Waals surface area contributed by atoms with Crippen LogP contribution in [-0.4, -0.2) is 39.6 Å². The lowest BCUT2D eigenvalue weighted by atomic mass is 10.0. The van der Waals surface area contributed by atoms with Crippen molar-refractivity contribution in [3.8, 4) is 11.5 Å². The molecule has 2 aliphatic rings. The lowest BCUT2D eigenvalue weighted by Crippen LogP contribution is -2.16. The van der Waals surface area contributed by atoms with Crippen molar-refractivity contribution in [1.82, 2.24) is 20.3 Å². The van der Waals surface area contributed by atoms with Crippen LogP contribution in [0.5, 0.6) is 11.5 Å². The van der Waals surface area contributed by atoms with E-state index in [4.69, 9.17) is 21.1 Å². The van der Waals surface area contributed by atoms with Crippen LogP contribution in [0.1, 0.15) is 18.5 Å². The molecule has 3 heterocycles. The third kappa shape index (κ3) is 5.57. The average Bonchev–Trinajstić information content (AvgIpc) is 3.54. The van der Waals surface area contributed by atoms with E-state index in [0.29, 0.717) is 57.5 Å². The molecule has 39 heavy (non-hydrogen) atoms.